The van der Waals surface area contributed by atoms with E-state index in [1.54, 1.807) is 13.0 Å². The molecule has 16 heavy (non-hydrogen) atoms. The summed E-state index contributed by atoms with van der Waals surface area (Å²) in [5.41, 5.74) is -0.335. The Bertz CT molecular complexity index is 354. The molecule has 0 aromatic rings. The van der Waals surface area contributed by atoms with Gasteiger partial charge in [0.25, 0.3) is 0 Å². The van der Waals surface area contributed by atoms with E-state index >= 15 is 0 Å². The maximum Gasteiger partial charge on any atom is 0.245 e. The average molecular weight is 240 g/mol. The molecule has 0 aromatic heterocycles. The highest BCUT2D eigenvalue weighted by Crippen LogP contribution is 2.34. The lowest BCUT2D eigenvalue weighted by atomic mass is 9.74. The molecule has 1 aliphatic heterocycles. The highest BCUT2D eigenvalue weighted by molar-refractivity contribution is 7.80. The van der Waals surface area contributed by atoms with E-state index in [1.807, 2.05) is 13.8 Å². The summed E-state index contributed by atoms with van der Waals surface area (Å²) in [6.07, 6.45) is 3.03. The largest absolute Gasteiger partial charge is 0.302 e. The summed E-state index contributed by atoms with van der Waals surface area (Å²) >= 11 is 4.79. The van der Waals surface area contributed by atoms with Crippen molar-refractivity contribution in [2.75, 3.05) is 0 Å². The zero-order valence-corrected chi connectivity index (χ0v) is 10.5. The van der Waals surface area contributed by atoms with E-state index in [2.05, 4.69) is 10.6 Å². The van der Waals surface area contributed by atoms with Crippen LogP contribution in [-0.2, 0) is 9.59 Å². The minimum absolute atomic E-state index is 0.0885. The van der Waals surface area contributed by atoms with Gasteiger partial charge in [-0.05, 0) is 32.5 Å². The number of carbonyl (C=O) groups excluding carboxylic acids is 2. The van der Waals surface area contributed by atoms with Crippen molar-refractivity contribution >= 4 is 29.1 Å². The number of hydrogen-bond acceptors (Lipinski definition) is 3. The summed E-state index contributed by atoms with van der Waals surface area (Å²) in [5, 5.41) is 5.13. The first kappa shape index (κ1) is 12.8. The summed E-state index contributed by atoms with van der Waals surface area (Å²) in [6, 6.07) is 0. The van der Waals surface area contributed by atoms with Crippen LogP contribution in [0, 0.1) is 5.41 Å². The molecule has 1 rings (SSSR count). The minimum atomic E-state index is -1.09. The average Bonchev–Trinajstić information content (AvgIpc) is 2.22. The van der Waals surface area contributed by atoms with Crippen molar-refractivity contribution in [3.05, 3.63) is 11.6 Å². The Balaban J connectivity index is 3.22. The molecule has 1 fully saturated rings. The molecular weight excluding hydrogens is 224 g/mol. The van der Waals surface area contributed by atoms with Gasteiger partial charge in [0.1, 0.15) is 5.41 Å². The van der Waals surface area contributed by atoms with E-state index in [9.17, 15) is 9.59 Å². The second-order valence-corrected chi connectivity index (χ2v) is 4.27. The van der Waals surface area contributed by atoms with Gasteiger partial charge in [-0.25, -0.2) is 0 Å². The second kappa shape index (κ2) is 4.74. The van der Waals surface area contributed by atoms with Crippen LogP contribution in [0.15, 0.2) is 11.6 Å². The normalized spacial score (nSPS) is 20.4. The predicted octanol–water partition coefficient (Wildman–Crippen LogP) is 1.27. The predicted molar refractivity (Wildman–Crippen MR) is 65.7 cm³/mol. The van der Waals surface area contributed by atoms with Gasteiger partial charge in [0.05, 0.1) is 0 Å². The molecule has 0 bridgehead atoms. The zero-order valence-electron chi connectivity index (χ0n) is 9.72. The SMILES string of the molecule is C/C=C(/C)C1(CCC)C(=O)NC(=S)NC1=O. The second-order valence-electron chi connectivity index (χ2n) is 3.86. The van der Waals surface area contributed by atoms with Crippen LogP contribution < -0.4 is 10.6 Å². The number of amides is 2. The Hall–Kier alpha value is -1.23. The molecular formula is C11H16N2O2S. The lowest BCUT2D eigenvalue weighted by Gasteiger charge is -2.35. The highest BCUT2D eigenvalue weighted by atomic mass is 32.1. The molecule has 0 saturated carbocycles. The standard InChI is InChI=1S/C11H16N2O2S/c1-4-6-11(7(3)5-2)8(14)12-10(16)13-9(11)15/h5H,4,6H2,1-3H3,(H2,12,13,14,15,16)/b7-5-. The molecule has 1 heterocycles. The number of rotatable bonds is 3. The first-order valence-corrected chi connectivity index (χ1v) is 5.70. The molecule has 1 aliphatic rings. The molecule has 5 heteroatoms. The summed E-state index contributed by atoms with van der Waals surface area (Å²) in [4.78, 5) is 24.1. The molecule has 0 atom stereocenters. The van der Waals surface area contributed by atoms with Gasteiger partial charge in [-0.1, -0.05) is 25.0 Å². The fourth-order valence-corrected chi connectivity index (χ4v) is 2.14. The smallest absolute Gasteiger partial charge is 0.245 e. The molecule has 0 radical (unpaired) electrons. The molecule has 88 valence electrons. The van der Waals surface area contributed by atoms with Gasteiger partial charge in [-0.2, -0.15) is 0 Å². The lowest BCUT2D eigenvalue weighted by molar-refractivity contribution is -0.141. The monoisotopic (exact) mass is 240 g/mol. The Kier molecular flexibility index (Phi) is 3.80. The topological polar surface area (TPSA) is 58.2 Å². The number of hydrogen-bond donors (Lipinski definition) is 2. The van der Waals surface area contributed by atoms with Crippen LogP contribution in [0.2, 0.25) is 0 Å². The first-order chi connectivity index (χ1) is 7.48. The van der Waals surface area contributed by atoms with Gasteiger partial charge in [0.15, 0.2) is 5.11 Å². The van der Waals surface area contributed by atoms with Crippen molar-refractivity contribution < 1.29 is 9.59 Å². The Morgan fingerprint density at radius 2 is 1.88 bits per heavy atom. The number of thiocarbonyl (C=S) groups is 1. The Morgan fingerprint density at radius 1 is 1.38 bits per heavy atom. The van der Waals surface area contributed by atoms with Gasteiger partial charge in [-0.3, -0.25) is 9.59 Å². The van der Waals surface area contributed by atoms with E-state index in [4.69, 9.17) is 12.2 Å². The summed E-state index contributed by atoms with van der Waals surface area (Å²) < 4.78 is 0. The summed E-state index contributed by atoms with van der Waals surface area (Å²) in [6.45, 7) is 5.56. The maximum atomic E-state index is 12.0. The third-order valence-electron chi connectivity index (χ3n) is 2.96. The number of allylic oxidation sites excluding steroid dienone is 1. The van der Waals surface area contributed by atoms with Crippen LogP contribution in [0.1, 0.15) is 33.6 Å². The maximum absolute atomic E-state index is 12.0. The van der Waals surface area contributed by atoms with Crippen LogP contribution >= 0.6 is 12.2 Å². The van der Waals surface area contributed by atoms with E-state index in [0.717, 1.165) is 12.0 Å². The van der Waals surface area contributed by atoms with E-state index in [0.29, 0.717) is 6.42 Å². The molecule has 0 aliphatic carbocycles. The minimum Gasteiger partial charge on any atom is -0.302 e. The van der Waals surface area contributed by atoms with Crippen molar-refractivity contribution in [2.45, 2.75) is 33.6 Å². The van der Waals surface area contributed by atoms with Gasteiger partial charge in [0.2, 0.25) is 11.8 Å². The molecule has 0 spiro atoms. The van der Waals surface area contributed by atoms with Gasteiger partial charge < -0.3 is 10.6 Å². The molecule has 2 N–H and O–H groups in total. The van der Waals surface area contributed by atoms with Gasteiger partial charge in [-0.15, -0.1) is 0 Å². The van der Waals surface area contributed by atoms with E-state index in [1.165, 1.54) is 0 Å². The first-order valence-electron chi connectivity index (χ1n) is 5.29. The summed E-state index contributed by atoms with van der Waals surface area (Å²) in [5.74, 6) is -0.641. The highest BCUT2D eigenvalue weighted by Gasteiger charge is 2.49. The number of nitrogens with one attached hydrogen (secondary N) is 2. The van der Waals surface area contributed by atoms with Crippen LogP contribution in [0.25, 0.3) is 0 Å². The van der Waals surface area contributed by atoms with Crippen molar-refractivity contribution in [3.63, 3.8) is 0 Å². The summed E-state index contributed by atoms with van der Waals surface area (Å²) in [7, 11) is 0. The van der Waals surface area contributed by atoms with Crippen molar-refractivity contribution in [1.29, 1.82) is 0 Å². The molecule has 0 unspecified atom stereocenters. The third-order valence-corrected chi connectivity index (χ3v) is 3.16. The molecule has 2 amide bonds. The van der Waals surface area contributed by atoms with Crippen LogP contribution in [0.4, 0.5) is 0 Å². The van der Waals surface area contributed by atoms with Crippen molar-refractivity contribution in [3.8, 4) is 0 Å². The van der Waals surface area contributed by atoms with Crippen molar-refractivity contribution in [1.82, 2.24) is 10.6 Å². The zero-order chi connectivity index (χ0) is 12.3. The van der Waals surface area contributed by atoms with Crippen LogP contribution in [-0.4, -0.2) is 16.9 Å². The van der Waals surface area contributed by atoms with E-state index in [-0.39, 0.29) is 16.9 Å². The molecule has 4 nitrogen and oxygen atoms in total. The van der Waals surface area contributed by atoms with E-state index < -0.39 is 5.41 Å². The van der Waals surface area contributed by atoms with Crippen LogP contribution in [0.3, 0.4) is 0 Å². The molecule has 1 saturated heterocycles. The number of carbonyl (C=O) groups is 2. The van der Waals surface area contributed by atoms with Crippen LogP contribution in [0.5, 0.6) is 0 Å². The Labute approximate surface area is 100 Å². The van der Waals surface area contributed by atoms with Gasteiger partial charge >= 0.3 is 0 Å². The third kappa shape index (κ3) is 1.87. The fraction of sp³-hybridized carbons (Fsp3) is 0.545. The Morgan fingerprint density at radius 3 is 2.25 bits per heavy atom. The molecule has 0 aromatic carbocycles. The van der Waals surface area contributed by atoms with Crippen molar-refractivity contribution in [2.24, 2.45) is 5.41 Å². The fourth-order valence-electron chi connectivity index (χ4n) is 1.96. The quantitative estimate of drug-likeness (QED) is 0.444. The van der Waals surface area contributed by atoms with Gasteiger partial charge in [0, 0.05) is 0 Å². The lowest BCUT2D eigenvalue weighted by Crippen LogP contribution is -2.62.